The summed E-state index contributed by atoms with van der Waals surface area (Å²) in [6, 6.07) is 5.75. The molecule has 0 aromatic heterocycles. The number of likely N-dealkylation sites (N-methyl/N-ethyl adjacent to an activating group) is 2. The lowest BCUT2D eigenvalue weighted by atomic mass is 9.89. The number of carbonyl (C=O) groups excluding carboxylic acids is 11. The topological polar surface area (TPSA) is 554 Å². The third-order valence-electron chi connectivity index (χ3n) is 23.2. The minimum absolute atomic E-state index is 0.0237. The first-order valence-corrected chi connectivity index (χ1v) is 47.6. The van der Waals surface area contributed by atoms with Crippen LogP contribution in [0.1, 0.15) is 130 Å². The number of nitrogens with two attached hydrogens (primary N) is 1. The van der Waals surface area contributed by atoms with Crippen molar-refractivity contribution in [3.63, 3.8) is 0 Å². The quantitative estimate of drug-likeness (QED) is 0.0331. The maximum absolute atomic E-state index is 15.0. The van der Waals surface area contributed by atoms with Gasteiger partial charge in [-0.1, -0.05) is 91.3 Å². The molecule has 0 spiro atoms. The Kier molecular flexibility index (Phi) is 58.5. The summed E-state index contributed by atoms with van der Waals surface area (Å²) in [6.07, 6.45) is -4.82. The van der Waals surface area contributed by atoms with Gasteiger partial charge in [0.1, 0.15) is 42.6 Å². The lowest BCUT2D eigenvalue weighted by molar-refractivity contribution is -0.172. The van der Waals surface area contributed by atoms with Crippen LogP contribution in [-0.2, 0) is 135 Å². The number of hydrogen-bond donors (Lipinski definition) is 11. The van der Waals surface area contributed by atoms with Crippen LogP contribution < -0.4 is 42.4 Å². The number of nitrogens with one attached hydrogen (secondary N) is 6. The number of benzene rings is 2. The van der Waals surface area contributed by atoms with Crippen LogP contribution in [0.3, 0.4) is 0 Å². The monoisotopic (exact) mass is 1980 g/mol. The molecule has 44 heteroatoms. The van der Waals surface area contributed by atoms with Crippen LogP contribution >= 0.6 is 0 Å². The van der Waals surface area contributed by atoms with Crippen molar-refractivity contribution in [2.45, 2.75) is 199 Å². The highest BCUT2D eigenvalue weighted by atomic mass is 16.7. The molecular formula is C95H153N11O33. The summed E-state index contributed by atoms with van der Waals surface area (Å²) in [5.41, 5.74) is 6.54. The average Bonchev–Trinajstić information content (AvgIpc) is 1.82. The second-order valence-corrected chi connectivity index (χ2v) is 34.2. The summed E-state index contributed by atoms with van der Waals surface area (Å²) in [4.78, 5) is 169. The molecular weight excluding hydrogens is 1820 g/mol. The highest BCUT2D eigenvalue weighted by Gasteiger charge is 2.46. The Morgan fingerprint density at radius 3 is 1.63 bits per heavy atom. The lowest BCUT2D eigenvalue weighted by Crippen LogP contribution is -2.60. The van der Waals surface area contributed by atoms with Gasteiger partial charge in [-0.3, -0.25) is 57.7 Å². The molecule has 3 aliphatic heterocycles. The Morgan fingerprint density at radius 1 is 0.597 bits per heavy atom. The van der Waals surface area contributed by atoms with Gasteiger partial charge in [0.2, 0.25) is 53.0 Å². The zero-order chi connectivity index (χ0) is 102. The van der Waals surface area contributed by atoms with Gasteiger partial charge in [-0.05, 0) is 86.1 Å². The molecule has 0 aliphatic carbocycles. The molecule has 2 aromatic rings. The standard InChI is InChI=1S/C95H153N11O33/c1-14-64(6)84(75(124-12)59-81(112)105-33-20-24-71(105)87(125-13)65(7)88(115)99-66(8)85(113)68-21-16-15-17-22-68)103(9)92(119)82(62(2)3)102-91(118)83(63(4)5)104(10)95(122)137-61-67-25-26-74(138-94-86(114)73(107)58-76(139-94)93(120)121)70(57-67)100-78(109)29-32-98-89(116)69(101-90(117)72(60-96)106-79(110)27-28-80(106)111)23-18-19-31-97-77(108)30-34-126-37-38-128-41-42-130-45-46-132-49-50-134-53-54-136-56-55-135-52-51-133-48-47-131-44-43-129-40-39-127-36-35-123-11/h15-17,21-22,25-28,57-58,62-66,69,71-73,75,82-87,94,107,113-114H,14,18-20,23-24,29-56,59-61,96H2,1-13H3,(H,97,108)(H,98,116)(H,99,115)(H,100,109)(H,101,117)(H,102,118)(H,120,121)/t64-,65+,66+,69-,71-,72+,73-,75+,82-,83-,84-,85+,86+,87+,94+/m0/s1. The van der Waals surface area contributed by atoms with Crippen LogP contribution in [0.15, 0.2) is 72.5 Å². The number of carboxylic acid groups (broad SMARTS) is 1. The van der Waals surface area contributed by atoms with Gasteiger partial charge in [0, 0.05) is 86.6 Å². The first-order valence-electron chi connectivity index (χ1n) is 47.6. The number of likely N-dealkylation sites (tertiary alicyclic amines) is 1. The van der Waals surface area contributed by atoms with Gasteiger partial charge >= 0.3 is 12.1 Å². The summed E-state index contributed by atoms with van der Waals surface area (Å²) in [5, 5.41) is 58.7. The second kappa shape index (κ2) is 67.8. The second-order valence-electron chi connectivity index (χ2n) is 34.2. The zero-order valence-electron chi connectivity index (χ0n) is 82.8. The van der Waals surface area contributed by atoms with E-state index < -0.39 is 182 Å². The predicted molar refractivity (Wildman–Crippen MR) is 503 cm³/mol. The van der Waals surface area contributed by atoms with Gasteiger partial charge < -0.3 is 148 Å². The summed E-state index contributed by atoms with van der Waals surface area (Å²) >= 11 is 0. The van der Waals surface area contributed by atoms with Crippen molar-refractivity contribution < 1.29 is 158 Å². The van der Waals surface area contributed by atoms with Crippen molar-refractivity contribution >= 4 is 76.8 Å². The minimum atomic E-state index is -1.88. The maximum Gasteiger partial charge on any atom is 0.410 e. The van der Waals surface area contributed by atoms with Crippen molar-refractivity contribution in [1.82, 2.24) is 46.2 Å². The summed E-state index contributed by atoms with van der Waals surface area (Å²) in [6.45, 7) is 22.6. The number of unbranched alkanes of at least 4 members (excludes halogenated alkanes) is 1. The zero-order valence-corrected chi connectivity index (χ0v) is 82.8. The summed E-state index contributed by atoms with van der Waals surface area (Å²) in [7, 11) is 7.49. The number of aliphatic hydroxyl groups excluding tert-OH is 3. The number of anilines is 1. The first-order chi connectivity index (χ1) is 66.7. The van der Waals surface area contributed by atoms with Crippen molar-refractivity contribution in [2.24, 2.45) is 29.4 Å². The third-order valence-corrected chi connectivity index (χ3v) is 23.2. The number of hydrogen-bond acceptors (Lipinski definition) is 33. The molecule has 1 fully saturated rings. The number of imide groups is 1. The SMILES string of the molecule is CC[C@H](C)[C@@H]([C@@H](CC(=O)N1CCC[C@H]1[C@H](OC)[C@@H](C)C(=O)N[C@H](C)[C@@H](O)c1ccccc1)OC)N(C)C(=O)[C@@H](NC(=O)[C@H](C(C)C)N(C)C(=O)OCc1ccc(O[C@@H]2OC(C(=O)O)=C[C@H](O)[C@H]2O)c(NC(=O)CCNC(=O)[C@H](CCCCNC(=O)CCOCCOCCOCCOCCOCCOCCOCCOCCOCCOCCOCCOC)NC(=O)[C@@H](CN)N2C(=O)C=CC2=O)c1)C(C)C. The normalized spacial score (nSPS) is 17.7. The van der Waals surface area contributed by atoms with E-state index in [1.54, 1.807) is 84.9 Å². The average molecular weight is 1980 g/mol. The number of methoxy groups -OCH3 is 3. The fourth-order valence-electron chi connectivity index (χ4n) is 15.4. The van der Waals surface area contributed by atoms with E-state index in [9.17, 15) is 73.2 Å². The Balaban J connectivity index is 1.09. The van der Waals surface area contributed by atoms with E-state index in [1.165, 1.54) is 44.4 Å². The number of amides is 11. The predicted octanol–water partition coefficient (Wildman–Crippen LogP) is 1.69. The van der Waals surface area contributed by atoms with E-state index in [4.69, 9.17) is 86.3 Å². The number of carboxylic acids is 1. The Morgan fingerprint density at radius 2 is 1.14 bits per heavy atom. The van der Waals surface area contributed by atoms with Gasteiger partial charge in [0.25, 0.3) is 18.1 Å². The fourth-order valence-corrected chi connectivity index (χ4v) is 15.4. The van der Waals surface area contributed by atoms with Gasteiger partial charge in [-0.2, -0.15) is 0 Å². The molecule has 0 radical (unpaired) electrons. The molecule has 2 aromatic carbocycles. The number of aliphatic hydroxyl groups is 3. The molecule has 786 valence electrons. The van der Waals surface area contributed by atoms with Gasteiger partial charge in [0.15, 0.2) is 6.10 Å². The molecule has 12 N–H and O–H groups in total. The third kappa shape index (κ3) is 43.0. The van der Waals surface area contributed by atoms with Crippen LogP contribution in [0.2, 0.25) is 0 Å². The molecule has 0 bridgehead atoms. The molecule has 1 saturated heterocycles. The Labute approximate surface area is 814 Å². The molecule has 0 unspecified atom stereocenters. The van der Waals surface area contributed by atoms with Crippen molar-refractivity contribution in [3.05, 3.63) is 83.6 Å². The maximum atomic E-state index is 15.0. The van der Waals surface area contributed by atoms with E-state index in [0.717, 1.165) is 23.1 Å². The molecule has 0 saturated carbocycles. The van der Waals surface area contributed by atoms with Crippen molar-refractivity contribution in [1.29, 1.82) is 0 Å². The number of nitrogens with zero attached hydrogens (tertiary/aromatic N) is 4. The Bertz CT molecular complexity index is 4050. The van der Waals surface area contributed by atoms with Crippen LogP contribution in [0.25, 0.3) is 0 Å². The molecule has 5 rings (SSSR count). The van der Waals surface area contributed by atoms with Crippen molar-refractivity contribution in [3.8, 4) is 5.75 Å². The number of carbonyl (C=O) groups is 12. The molecule has 3 aliphatic rings. The highest BCUT2D eigenvalue weighted by Crippen LogP contribution is 2.34. The molecule has 139 heavy (non-hydrogen) atoms. The van der Waals surface area contributed by atoms with Crippen LogP contribution in [0.4, 0.5) is 10.5 Å². The number of aliphatic carboxylic acids is 1. The van der Waals surface area contributed by atoms with E-state index >= 15 is 4.79 Å². The Hall–Kier alpha value is -9.56. The molecule has 11 amide bonds. The van der Waals surface area contributed by atoms with E-state index in [-0.39, 0.29) is 92.7 Å². The molecule has 15 atom stereocenters. The van der Waals surface area contributed by atoms with Gasteiger partial charge in [-0.15, -0.1) is 0 Å². The van der Waals surface area contributed by atoms with Crippen molar-refractivity contribution in [2.75, 3.05) is 219 Å². The molecule has 3 heterocycles. The lowest BCUT2D eigenvalue weighted by Gasteiger charge is -2.41. The largest absolute Gasteiger partial charge is 0.475 e. The van der Waals surface area contributed by atoms with Gasteiger partial charge in [-0.25, -0.2) is 9.59 Å². The highest BCUT2D eigenvalue weighted by molar-refractivity contribution is 6.15. The van der Waals surface area contributed by atoms with Crippen LogP contribution in [0.5, 0.6) is 5.75 Å². The van der Waals surface area contributed by atoms with Crippen LogP contribution in [-0.4, -0.2) is 398 Å². The number of rotatable bonds is 75. The van der Waals surface area contributed by atoms with E-state index in [1.807, 2.05) is 19.9 Å². The summed E-state index contributed by atoms with van der Waals surface area (Å²) in [5.74, 6) is -11.1. The smallest absolute Gasteiger partial charge is 0.410 e. The van der Waals surface area contributed by atoms with Gasteiger partial charge in [0.05, 0.1) is 206 Å². The van der Waals surface area contributed by atoms with E-state index in [0.29, 0.717) is 175 Å². The first kappa shape index (κ1) is 120. The fraction of sp³-hybridized carbons (Fsp3) is 0.705. The van der Waals surface area contributed by atoms with Crippen LogP contribution in [0, 0.1) is 23.7 Å². The number of ether oxygens (including phenoxy) is 17. The van der Waals surface area contributed by atoms with E-state index in [2.05, 4.69) is 31.9 Å². The minimum Gasteiger partial charge on any atom is -0.475 e. The molecule has 44 nitrogen and oxygen atoms in total. The summed E-state index contributed by atoms with van der Waals surface area (Å²) < 4.78 is 94.5.